The molecular formula is C16H24Cl12O4Ti. The number of hydrogen-bond donors (Lipinski definition) is 0. The van der Waals surface area contributed by atoms with Crippen LogP contribution in [-0.4, -0.2) is 39.6 Å². The molecule has 0 saturated carbocycles. The van der Waals surface area contributed by atoms with Gasteiger partial charge in [-0.15, -0.1) is 0 Å². The van der Waals surface area contributed by atoms with Gasteiger partial charge in [-0.05, 0) is 0 Å². The predicted octanol–water partition coefficient (Wildman–Crippen LogP) is 5.98. The number of alkyl halides is 12. The molecule has 0 spiro atoms. The van der Waals surface area contributed by atoms with Crippen LogP contribution in [-0.2, 0) is 21.7 Å². The van der Waals surface area contributed by atoms with E-state index in [4.69, 9.17) is 139 Å². The Kier molecular flexibility index (Phi) is 32.4. The van der Waals surface area contributed by atoms with Crippen molar-refractivity contribution < 1.29 is 42.1 Å². The number of halogens is 12. The van der Waals surface area contributed by atoms with Crippen LogP contribution in [0.5, 0.6) is 0 Å². The fourth-order valence-electron chi connectivity index (χ4n) is 0.926. The molecule has 0 aliphatic heterocycles. The normalized spacial score (nSPS) is 15.6. The molecule has 0 N–H and O–H groups in total. The number of hydrogen-bond acceptors (Lipinski definition) is 4. The van der Waals surface area contributed by atoms with Crippen LogP contribution in [0.1, 0.15) is 53.4 Å². The van der Waals surface area contributed by atoms with E-state index in [2.05, 4.69) is 0 Å². The van der Waals surface area contributed by atoms with Gasteiger partial charge < -0.3 is 20.4 Å². The van der Waals surface area contributed by atoms with Gasteiger partial charge in [0.2, 0.25) is 0 Å². The van der Waals surface area contributed by atoms with Crippen LogP contribution in [0.3, 0.4) is 0 Å². The maximum Gasteiger partial charge on any atom is 4.00 e. The van der Waals surface area contributed by atoms with Gasteiger partial charge in [0.15, 0.2) is 15.2 Å². The summed E-state index contributed by atoms with van der Waals surface area (Å²) >= 11 is 62.4. The quantitative estimate of drug-likeness (QED) is 0.261. The third kappa shape index (κ3) is 32.1. The first-order valence-electron chi connectivity index (χ1n) is 8.83. The van der Waals surface area contributed by atoms with E-state index in [0.717, 1.165) is 0 Å². The minimum Gasteiger partial charge on any atom is -0.849 e. The van der Waals surface area contributed by atoms with Gasteiger partial charge >= 0.3 is 21.7 Å². The van der Waals surface area contributed by atoms with Gasteiger partial charge in [0.25, 0.3) is 0 Å². The maximum absolute atomic E-state index is 10.5. The molecule has 0 bridgehead atoms. The van der Waals surface area contributed by atoms with E-state index in [0.29, 0.717) is 25.7 Å². The smallest absolute Gasteiger partial charge is 0.849 e. The zero-order valence-electron chi connectivity index (χ0n) is 17.8. The molecule has 0 heterocycles. The van der Waals surface area contributed by atoms with Gasteiger partial charge in [-0.3, -0.25) is 0 Å². The van der Waals surface area contributed by atoms with Gasteiger partial charge in [0.05, 0.1) is 0 Å². The number of rotatable bonds is 4. The first-order valence-corrected chi connectivity index (χ1v) is 13.4. The summed E-state index contributed by atoms with van der Waals surface area (Å²) in [7, 11) is 0. The Labute approximate surface area is 271 Å². The van der Waals surface area contributed by atoms with E-state index in [9.17, 15) is 20.4 Å². The Bertz CT molecular complexity index is 359. The van der Waals surface area contributed by atoms with Crippen molar-refractivity contribution in [3.63, 3.8) is 0 Å². The first-order chi connectivity index (χ1) is 13.9. The molecule has 0 amide bonds. The van der Waals surface area contributed by atoms with E-state index in [1.807, 2.05) is 0 Å². The van der Waals surface area contributed by atoms with Crippen molar-refractivity contribution in [3.8, 4) is 0 Å². The van der Waals surface area contributed by atoms with E-state index in [-0.39, 0.29) is 21.7 Å². The summed E-state index contributed by atoms with van der Waals surface area (Å²) in [6.45, 7) is 6.72. The van der Waals surface area contributed by atoms with Crippen LogP contribution in [0.2, 0.25) is 0 Å². The molecule has 0 aromatic rings. The summed E-state index contributed by atoms with van der Waals surface area (Å²) in [6, 6.07) is 0. The van der Waals surface area contributed by atoms with Gasteiger partial charge in [0.1, 0.15) is 0 Å². The van der Waals surface area contributed by atoms with Crippen molar-refractivity contribution in [2.75, 3.05) is 0 Å². The van der Waals surface area contributed by atoms with Crippen LogP contribution in [0.25, 0.3) is 0 Å². The van der Waals surface area contributed by atoms with Gasteiger partial charge in [-0.1, -0.05) is 217 Å². The van der Waals surface area contributed by atoms with Crippen molar-refractivity contribution >= 4 is 139 Å². The molecular weight excluding hydrogens is 729 g/mol. The molecule has 0 saturated heterocycles. The van der Waals surface area contributed by atoms with Crippen LogP contribution < -0.4 is 20.4 Å². The zero-order valence-corrected chi connectivity index (χ0v) is 28.4. The molecule has 4 atom stereocenters. The monoisotopic (exact) mass is 748 g/mol. The Hall–Kier alpha value is 4.03. The second-order valence-corrected chi connectivity index (χ2v) is 15.2. The SMILES string of the molecule is CCC([O-])C(Cl)(Cl)Cl.CCC([O-])C(Cl)(Cl)Cl.CCC([O-])C(Cl)(Cl)Cl.CCC([O-])C(Cl)(Cl)Cl.[Ti+4]. The maximum atomic E-state index is 10.5. The topological polar surface area (TPSA) is 92.2 Å². The summed E-state index contributed by atoms with van der Waals surface area (Å²) < 4.78 is -6.52. The summed E-state index contributed by atoms with van der Waals surface area (Å²) in [6.07, 6.45) is -3.04. The summed E-state index contributed by atoms with van der Waals surface area (Å²) in [5.74, 6) is 0. The van der Waals surface area contributed by atoms with Crippen molar-refractivity contribution in [3.05, 3.63) is 0 Å². The van der Waals surface area contributed by atoms with Crippen LogP contribution in [0.4, 0.5) is 0 Å². The minimum atomic E-state index is -1.63. The third-order valence-electron chi connectivity index (χ3n) is 2.94. The Morgan fingerprint density at radius 2 is 0.485 bits per heavy atom. The van der Waals surface area contributed by atoms with Gasteiger partial charge in [-0.2, -0.15) is 0 Å². The molecule has 0 aliphatic rings. The van der Waals surface area contributed by atoms with E-state index in [1.165, 1.54) is 0 Å². The van der Waals surface area contributed by atoms with E-state index < -0.39 is 39.6 Å². The fraction of sp³-hybridized carbons (Fsp3) is 1.00. The average molecular weight is 754 g/mol. The van der Waals surface area contributed by atoms with Crippen molar-refractivity contribution in [1.82, 2.24) is 0 Å². The molecule has 0 radical (unpaired) electrons. The van der Waals surface area contributed by atoms with Crippen molar-refractivity contribution in [2.45, 2.75) is 93.0 Å². The summed E-state index contributed by atoms with van der Waals surface area (Å²) in [5.41, 5.74) is 0. The Balaban J connectivity index is -0.000000105. The standard InChI is InChI=1S/4C4H6Cl3O.Ti/c4*1-2-3(8)4(5,6)7;/h4*3H,2H2,1H3;/q4*-1;+4. The third-order valence-corrected chi connectivity index (χ3v) is 5.86. The van der Waals surface area contributed by atoms with E-state index >= 15 is 0 Å². The van der Waals surface area contributed by atoms with Crippen molar-refractivity contribution in [1.29, 1.82) is 0 Å². The molecule has 0 fully saturated rings. The molecule has 0 rings (SSSR count). The van der Waals surface area contributed by atoms with E-state index in [1.54, 1.807) is 27.7 Å². The molecule has 0 aliphatic carbocycles. The Morgan fingerprint density at radius 1 is 0.394 bits per heavy atom. The predicted molar refractivity (Wildman–Crippen MR) is 137 cm³/mol. The molecule has 4 unspecified atom stereocenters. The molecule has 0 aromatic carbocycles. The second-order valence-electron chi connectivity index (χ2n) is 5.75. The summed E-state index contributed by atoms with van der Waals surface area (Å²) in [4.78, 5) is 0. The van der Waals surface area contributed by atoms with Gasteiger partial charge in [-0.25, -0.2) is 0 Å². The Morgan fingerprint density at radius 3 is 0.485 bits per heavy atom. The molecule has 200 valence electrons. The summed E-state index contributed by atoms with van der Waals surface area (Å²) in [5, 5.41) is 42.1. The minimum absolute atomic E-state index is 0. The average Bonchev–Trinajstić information content (AvgIpc) is 2.63. The van der Waals surface area contributed by atoms with Crippen LogP contribution >= 0.6 is 139 Å². The zero-order chi connectivity index (χ0) is 27.1. The first kappa shape index (κ1) is 46.9. The molecule has 4 nitrogen and oxygen atoms in total. The van der Waals surface area contributed by atoms with Gasteiger partial charge in [0, 0.05) is 0 Å². The second kappa shape index (κ2) is 22.8. The molecule has 17 heteroatoms. The van der Waals surface area contributed by atoms with Crippen LogP contribution in [0.15, 0.2) is 0 Å². The van der Waals surface area contributed by atoms with Crippen molar-refractivity contribution in [2.24, 2.45) is 0 Å². The molecule has 0 aromatic heterocycles. The van der Waals surface area contributed by atoms with Crippen LogP contribution in [0, 0.1) is 0 Å². The largest absolute Gasteiger partial charge is 4.00 e. The fourth-order valence-corrected chi connectivity index (χ4v) is 2.78. The molecule has 33 heavy (non-hydrogen) atoms.